The zero-order chi connectivity index (χ0) is 25.9. The van der Waals surface area contributed by atoms with Gasteiger partial charge in [-0.1, -0.05) is 35.9 Å². The maximum Gasteiger partial charge on any atom is 0.328 e. The van der Waals surface area contributed by atoms with Gasteiger partial charge in [-0.2, -0.15) is 0 Å². The van der Waals surface area contributed by atoms with Crippen LogP contribution < -0.4 is 10.0 Å². The minimum absolute atomic E-state index is 0.138. The van der Waals surface area contributed by atoms with E-state index >= 15 is 0 Å². The third-order valence-corrected chi connectivity index (χ3v) is 7.38. The Bertz CT molecular complexity index is 1410. The molecule has 3 rings (SSSR count). The Balaban J connectivity index is 1.86. The van der Waals surface area contributed by atoms with Gasteiger partial charge in [-0.05, 0) is 78.9 Å². The van der Waals surface area contributed by atoms with E-state index in [-0.39, 0.29) is 10.5 Å². The molecule has 0 saturated heterocycles. The molecule has 0 spiro atoms. The SMILES string of the molecule is Cc1cc(S(=O)(=O)Nc2cccc(-c3ccc(C(=O)N[C@H](CO)C(=O)O)c(C)c3)c2)c(C)cc1Cl. The average Bonchev–Trinajstić information content (AvgIpc) is 2.79. The number of benzene rings is 3. The Kier molecular flexibility index (Phi) is 7.84. The van der Waals surface area contributed by atoms with Gasteiger partial charge in [-0.25, -0.2) is 13.2 Å². The van der Waals surface area contributed by atoms with Crippen molar-refractivity contribution in [1.82, 2.24) is 5.32 Å². The Hall–Kier alpha value is -3.40. The molecule has 0 aliphatic rings. The number of hydrogen-bond donors (Lipinski definition) is 4. The van der Waals surface area contributed by atoms with Gasteiger partial charge in [0.2, 0.25) is 0 Å². The Morgan fingerprint density at radius 1 is 0.943 bits per heavy atom. The van der Waals surface area contributed by atoms with Crippen LogP contribution in [0, 0.1) is 20.8 Å². The largest absolute Gasteiger partial charge is 0.480 e. The van der Waals surface area contributed by atoms with Crippen molar-refractivity contribution in [2.75, 3.05) is 11.3 Å². The summed E-state index contributed by atoms with van der Waals surface area (Å²) in [6, 6.07) is 13.5. The molecule has 184 valence electrons. The molecular weight excluding hydrogens is 492 g/mol. The van der Waals surface area contributed by atoms with Gasteiger partial charge in [-0.15, -0.1) is 0 Å². The van der Waals surface area contributed by atoms with Crippen molar-refractivity contribution in [2.45, 2.75) is 31.7 Å². The minimum Gasteiger partial charge on any atom is -0.480 e. The highest BCUT2D eigenvalue weighted by Crippen LogP contribution is 2.28. The lowest BCUT2D eigenvalue weighted by Crippen LogP contribution is -2.43. The molecule has 0 aliphatic carbocycles. The molecule has 0 saturated carbocycles. The molecule has 0 aromatic heterocycles. The molecule has 0 unspecified atom stereocenters. The van der Waals surface area contributed by atoms with Gasteiger partial charge >= 0.3 is 5.97 Å². The van der Waals surface area contributed by atoms with Crippen molar-refractivity contribution in [1.29, 1.82) is 0 Å². The molecule has 10 heteroatoms. The topological polar surface area (TPSA) is 133 Å². The minimum atomic E-state index is -3.86. The molecule has 1 atom stereocenters. The number of halogens is 1. The first-order chi connectivity index (χ1) is 16.4. The second-order valence-corrected chi connectivity index (χ2v) is 10.2. The van der Waals surface area contributed by atoms with Crippen molar-refractivity contribution in [3.8, 4) is 11.1 Å². The van der Waals surface area contributed by atoms with Crippen molar-refractivity contribution in [3.63, 3.8) is 0 Å². The van der Waals surface area contributed by atoms with E-state index in [0.717, 1.165) is 5.56 Å². The number of carbonyl (C=O) groups excluding carboxylic acids is 1. The summed E-state index contributed by atoms with van der Waals surface area (Å²) in [6.45, 7) is 4.39. The zero-order valence-electron chi connectivity index (χ0n) is 19.3. The number of nitrogens with one attached hydrogen (secondary N) is 2. The summed E-state index contributed by atoms with van der Waals surface area (Å²) in [7, 11) is -3.86. The van der Waals surface area contributed by atoms with E-state index in [4.69, 9.17) is 21.8 Å². The van der Waals surface area contributed by atoms with E-state index in [1.165, 1.54) is 6.07 Å². The highest BCUT2D eigenvalue weighted by molar-refractivity contribution is 7.92. The maximum atomic E-state index is 13.0. The predicted molar refractivity (Wildman–Crippen MR) is 134 cm³/mol. The normalized spacial score (nSPS) is 12.1. The number of anilines is 1. The monoisotopic (exact) mass is 516 g/mol. The lowest BCUT2D eigenvalue weighted by atomic mass is 9.99. The molecule has 3 aromatic rings. The van der Waals surface area contributed by atoms with Crippen LogP contribution in [0.15, 0.2) is 59.5 Å². The summed E-state index contributed by atoms with van der Waals surface area (Å²) >= 11 is 6.10. The number of aliphatic hydroxyl groups is 1. The van der Waals surface area contributed by atoms with E-state index < -0.39 is 34.5 Å². The van der Waals surface area contributed by atoms with Crippen LogP contribution >= 0.6 is 11.6 Å². The first kappa shape index (κ1) is 26.2. The Labute approximate surface area is 208 Å². The van der Waals surface area contributed by atoms with Crippen LogP contribution in [-0.4, -0.2) is 43.2 Å². The number of carboxylic acids is 1. The lowest BCUT2D eigenvalue weighted by molar-refractivity contribution is -0.140. The van der Waals surface area contributed by atoms with E-state index in [2.05, 4.69) is 10.0 Å². The van der Waals surface area contributed by atoms with Gasteiger partial charge in [0.25, 0.3) is 15.9 Å². The highest BCUT2D eigenvalue weighted by atomic mass is 35.5. The first-order valence-electron chi connectivity index (χ1n) is 10.6. The van der Waals surface area contributed by atoms with Gasteiger partial charge < -0.3 is 15.5 Å². The average molecular weight is 517 g/mol. The molecule has 35 heavy (non-hydrogen) atoms. The van der Waals surface area contributed by atoms with Gasteiger partial charge in [0.1, 0.15) is 0 Å². The fraction of sp³-hybridized carbons (Fsp3) is 0.200. The summed E-state index contributed by atoms with van der Waals surface area (Å²) < 4.78 is 28.6. The summed E-state index contributed by atoms with van der Waals surface area (Å²) in [5.74, 6) is -1.95. The van der Waals surface area contributed by atoms with Crippen LogP contribution in [-0.2, 0) is 14.8 Å². The molecule has 0 radical (unpaired) electrons. The number of aryl methyl sites for hydroxylation is 3. The molecule has 4 N–H and O–H groups in total. The fourth-order valence-electron chi connectivity index (χ4n) is 3.54. The van der Waals surface area contributed by atoms with Gasteiger partial charge in [0, 0.05) is 16.3 Å². The van der Waals surface area contributed by atoms with Crippen molar-refractivity contribution in [2.24, 2.45) is 0 Å². The smallest absolute Gasteiger partial charge is 0.328 e. The molecule has 1 amide bonds. The first-order valence-corrected chi connectivity index (χ1v) is 12.4. The van der Waals surface area contributed by atoms with Crippen LogP contribution in [0.4, 0.5) is 5.69 Å². The number of carboxylic acid groups (broad SMARTS) is 1. The number of rotatable bonds is 8. The van der Waals surface area contributed by atoms with Crippen molar-refractivity contribution < 1.29 is 28.2 Å². The molecule has 0 heterocycles. The van der Waals surface area contributed by atoms with Crippen LogP contribution in [0.3, 0.4) is 0 Å². The molecule has 3 aromatic carbocycles. The fourth-order valence-corrected chi connectivity index (χ4v) is 5.12. The van der Waals surface area contributed by atoms with Crippen molar-refractivity contribution in [3.05, 3.63) is 81.9 Å². The standard InChI is InChI=1S/C25H25ClN2O6S/c1-14-9-18(7-8-20(14)24(30)27-22(13-29)25(31)32)17-5-4-6-19(12-17)28-35(33,34)23-11-15(2)21(26)10-16(23)3/h4-12,22,28-29H,13H2,1-3H3,(H,27,30)(H,31,32)/t22-/m1/s1. The number of hydrogen-bond acceptors (Lipinski definition) is 5. The number of amides is 1. The third kappa shape index (κ3) is 6.00. The zero-order valence-corrected chi connectivity index (χ0v) is 20.9. The van der Waals surface area contributed by atoms with Gasteiger partial charge in [0.05, 0.1) is 11.5 Å². The van der Waals surface area contributed by atoms with Crippen molar-refractivity contribution >= 4 is 39.2 Å². The maximum absolute atomic E-state index is 13.0. The Morgan fingerprint density at radius 2 is 1.63 bits per heavy atom. The second kappa shape index (κ2) is 10.5. The van der Waals surface area contributed by atoms with Crippen LogP contribution in [0.1, 0.15) is 27.0 Å². The number of aliphatic carboxylic acids is 1. The lowest BCUT2D eigenvalue weighted by Gasteiger charge is -2.15. The van der Waals surface area contributed by atoms with E-state index in [1.807, 2.05) is 0 Å². The number of aliphatic hydroxyl groups excluding tert-OH is 1. The summed E-state index contributed by atoms with van der Waals surface area (Å²) in [5, 5.41) is 20.9. The van der Waals surface area contributed by atoms with E-state index in [0.29, 0.717) is 33.0 Å². The molecular formula is C25H25ClN2O6S. The molecule has 8 nitrogen and oxygen atoms in total. The highest BCUT2D eigenvalue weighted by Gasteiger charge is 2.21. The summed E-state index contributed by atoms with van der Waals surface area (Å²) in [4.78, 5) is 23.6. The number of carbonyl (C=O) groups is 2. The van der Waals surface area contributed by atoms with Crippen LogP contribution in [0.5, 0.6) is 0 Å². The third-order valence-electron chi connectivity index (χ3n) is 5.45. The van der Waals surface area contributed by atoms with E-state index in [9.17, 15) is 18.0 Å². The van der Waals surface area contributed by atoms with Crippen LogP contribution in [0.2, 0.25) is 5.02 Å². The number of sulfonamides is 1. The quantitative estimate of drug-likeness (QED) is 0.359. The van der Waals surface area contributed by atoms with Gasteiger partial charge in [-0.3, -0.25) is 9.52 Å². The molecule has 0 aliphatic heterocycles. The molecule has 0 fully saturated rings. The van der Waals surface area contributed by atoms with Gasteiger partial charge in [0.15, 0.2) is 6.04 Å². The summed E-state index contributed by atoms with van der Waals surface area (Å²) in [6.07, 6.45) is 0. The molecule has 0 bridgehead atoms. The predicted octanol–water partition coefficient (Wildman–Crippen LogP) is 3.91. The van der Waals surface area contributed by atoms with E-state index in [1.54, 1.807) is 69.3 Å². The summed E-state index contributed by atoms with van der Waals surface area (Å²) in [5.41, 5.74) is 3.83. The second-order valence-electron chi connectivity index (χ2n) is 8.13. The van der Waals surface area contributed by atoms with Crippen LogP contribution in [0.25, 0.3) is 11.1 Å². The Morgan fingerprint density at radius 3 is 2.26 bits per heavy atom.